The topological polar surface area (TPSA) is 46.2 Å². The van der Waals surface area contributed by atoms with Gasteiger partial charge in [0.2, 0.25) is 11.8 Å². The van der Waals surface area contributed by atoms with Gasteiger partial charge in [0.1, 0.15) is 0 Å². The van der Waals surface area contributed by atoms with Crippen molar-refractivity contribution < 1.29 is 9.59 Å². The Morgan fingerprint density at radius 1 is 0.667 bits per heavy atom. The van der Waals surface area contributed by atoms with Gasteiger partial charge in [0.05, 0.1) is 11.8 Å². The minimum atomic E-state index is -0.0440. The van der Waals surface area contributed by atoms with Gasteiger partial charge in [0.25, 0.3) is 0 Å². The number of carbonyl (C=O) groups excluding carboxylic acids is 2. The van der Waals surface area contributed by atoms with Crippen LogP contribution in [0.3, 0.4) is 0 Å². The number of carbonyl (C=O) groups is 2. The second kappa shape index (κ2) is 5.26. The molecule has 3 nitrogen and oxygen atoms in total. The van der Waals surface area contributed by atoms with E-state index in [9.17, 15) is 9.59 Å². The van der Waals surface area contributed by atoms with Gasteiger partial charge in [-0.2, -0.15) is 0 Å². The Morgan fingerprint density at radius 3 is 1.62 bits per heavy atom. The van der Waals surface area contributed by atoms with Gasteiger partial charge >= 0.3 is 0 Å². The lowest BCUT2D eigenvalue weighted by molar-refractivity contribution is -0.126. The summed E-state index contributed by atoms with van der Waals surface area (Å²) < 4.78 is 0. The maximum atomic E-state index is 12.4. The fraction of sp³-hybridized carbons (Fsp3) is 0.778. The molecule has 4 rings (SSSR count). The fourth-order valence-corrected chi connectivity index (χ4v) is 5.50. The van der Waals surface area contributed by atoms with Gasteiger partial charge in [0.15, 0.2) is 0 Å². The van der Waals surface area contributed by atoms with E-state index in [1.54, 1.807) is 11.1 Å². The molecule has 2 saturated carbocycles. The van der Waals surface area contributed by atoms with E-state index in [0.717, 1.165) is 12.8 Å². The summed E-state index contributed by atoms with van der Waals surface area (Å²) in [4.78, 5) is 24.8. The van der Waals surface area contributed by atoms with E-state index in [4.69, 9.17) is 0 Å². The molecule has 4 aliphatic rings. The zero-order valence-electron chi connectivity index (χ0n) is 12.7. The van der Waals surface area contributed by atoms with Crippen molar-refractivity contribution >= 4 is 11.8 Å². The Labute approximate surface area is 126 Å². The summed E-state index contributed by atoms with van der Waals surface area (Å²) in [5.74, 6) is 0.701. The third kappa shape index (κ3) is 2.08. The van der Waals surface area contributed by atoms with Crippen LogP contribution in [0.5, 0.6) is 0 Å². The average molecular weight is 287 g/mol. The Bertz CT molecular complexity index is 463. The van der Waals surface area contributed by atoms with Gasteiger partial charge in [-0.1, -0.05) is 36.8 Å². The number of hydrogen-bond acceptors (Lipinski definition) is 2. The molecular formula is C18H25NO2. The molecule has 3 fully saturated rings. The van der Waals surface area contributed by atoms with E-state index in [2.05, 4.69) is 5.32 Å². The molecule has 4 atom stereocenters. The molecule has 0 unspecified atom stereocenters. The number of amides is 2. The van der Waals surface area contributed by atoms with Gasteiger partial charge in [-0.25, -0.2) is 0 Å². The second-order valence-corrected chi connectivity index (χ2v) is 7.37. The molecule has 2 amide bonds. The van der Waals surface area contributed by atoms with Crippen molar-refractivity contribution in [1.82, 2.24) is 5.32 Å². The summed E-state index contributed by atoms with van der Waals surface area (Å²) in [6.45, 7) is 0. The number of hydrogen-bond donors (Lipinski definition) is 1. The first-order valence-corrected chi connectivity index (χ1v) is 8.84. The van der Waals surface area contributed by atoms with E-state index < -0.39 is 0 Å². The second-order valence-electron chi connectivity index (χ2n) is 7.37. The zero-order valence-corrected chi connectivity index (χ0v) is 12.7. The van der Waals surface area contributed by atoms with E-state index in [-0.39, 0.29) is 23.7 Å². The average Bonchev–Trinajstić information content (AvgIpc) is 2.73. The summed E-state index contributed by atoms with van der Waals surface area (Å²) in [5, 5.41) is 2.66. The molecule has 1 N–H and O–H groups in total. The molecule has 1 aliphatic heterocycles. The minimum absolute atomic E-state index is 0.0256. The SMILES string of the molecule is O=C1NC(=O)[C@H]2[C@@H]1[C@H]1CCCCCC1=C1CCCCC[C@H]12. The number of nitrogens with one attached hydrogen (secondary N) is 1. The summed E-state index contributed by atoms with van der Waals surface area (Å²) >= 11 is 0. The molecule has 0 aromatic rings. The predicted octanol–water partition coefficient (Wildman–Crippen LogP) is 3.35. The maximum absolute atomic E-state index is 12.4. The van der Waals surface area contributed by atoms with Crippen LogP contribution < -0.4 is 5.32 Å². The maximum Gasteiger partial charge on any atom is 0.231 e. The van der Waals surface area contributed by atoms with Crippen molar-refractivity contribution in [2.75, 3.05) is 0 Å². The molecule has 3 heteroatoms. The van der Waals surface area contributed by atoms with Gasteiger partial charge < -0.3 is 0 Å². The highest BCUT2D eigenvalue weighted by Crippen LogP contribution is 2.53. The van der Waals surface area contributed by atoms with Crippen LogP contribution in [0.25, 0.3) is 0 Å². The lowest BCUT2D eigenvalue weighted by Gasteiger charge is -2.40. The number of fused-ring (bicyclic) bond motifs is 5. The van der Waals surface area contributed by atoms with Crippen LogP contribution in [0.2, 0.25) is 0 Å². The van der Waals surface area contributed by atoms with E-state index in [1.807, 2.05) is 0 Å². The standard InChI is InChI=1S/C18H25NO2/c20-17-15-13-9-5-1-3-7-11(13)12-8-4-2-6-10-14(12)16(15)18(21)19-17/h13-16H,1-10H2,(H,19,20,21)/t13-,14+,15-,16+. The van der Waals surface area contributed by atoms with E-state index in [0.29, 0.717) is 11.8 Å². The Morgan fingerprint density at radius 2 is 1.14 bits per heavy atom. The molecule has 0 radical (unpaired) electrons. The van der Waals surface area contributed by atoms with Crippen LogP contribution in [-0.4, -0.2) is 11.8 Å². The normalized spacial score (nSPS) is 39.8. The number of allylic oxidation sites excluding steroid dienone is 2. The fourth-order valence-electron chi connectivity index (χ4n) is 5.50. The molecule has 1 saturated heterocycles. The molecule has 0 spiro atoms. The van der Waals surface area contributed by atoms with Crippen LogP contribution in [0.1, 0.15) is 64.2 Å². The Kier molecular flexibility index (Phi) is 3.39. The molecule has 3 aliphatic carbocycles. The van der Waals surface area contributed by atoms with Crippen molar-refractivity contribution in [2.24, 2.45) is 23.7 Å². The molecule has 1 heterocycles. The predicted molar refractivity (Wildman–Crippen MR) is 80.3 cm³/mol. The third-order valence-electron chi connectivity index (χ3n) is 6.34. The Hall–Kier alpha value is -1.12. The number of rotatable bonds is 0. The van der Waals surface area contributed by atoms with Crippen LogP contribution in [0, 0.1) is 23.7 Å². The summed E-state index contributed by atoms with van der Waals surface area (Å²) in [7, 11) is 0. The van der Waals surface area contributed by atoms with E-state index >= 15 is 0 Å². The smallest absolute Gasteiger partial charge is 0.231 e. The highest BCUT2D eigenvalue weighted by Gasteiger charge is 2.54. The first-order chi connectivity index (χ1) is 10.3. The van der Waals surface area contributed by atoms with Gasteiger partial charge in [-0.05, 0) is 50.4 Å². The molecule has 0 aromatic carbocycles. The molecule has 0 aromatic heterocycles. The van der Waals surface area contributed by atoms with Crippen molar-refractivity contribution in [1.29, 1.82) is 0 Å². The summed E-state index contributed by atoms with van der Waals surface area (Å²) in [6.07, 6.45) is 12.1. The first-order valence-electron chi connectivity index (χ1n) is 8.84. The van der Waals surface area contributed by atoms with Crippen LogP contribution in [0.15, 0.2) is 11.1 Å². The lowest BCUT2D eigenvalue weighted by atomic mass is 9.62. The van der Waals surface area contributed by atoms with Crippen molar-refractivity contribution in [3.63, 3.8) is 0 Å². The van der Waals surface area contributed by atoms with Gasteiger partial charge in [0, 0.05) is 0 Å². The zero-order chi connectivity index (χ0) is 14.4. The van der Waals surface area contributed by atoms with Crippen molar-refractivity contribution in [3.05, 3.63) is 11.1 Å². The van der Waals surface area contributed by atoms with Crippen LogP contribution >= 0.6 is 0 Å². The summed E-state index contributed by atoms with van der Waals surface area (Å²) in [5.41, 5.74) is 3.20. The molecule has 21 heavy (non-hydrogen) atoms. The van der Waals surface area contributed by atoms with Crippen molar-refractivity contribution in [2.45, 2.75) is 64.2 Å². The minimum Gasteiger partial charge on any atom is -0.296 e. The molecular weight excluding hydrogens is 262 g/mol. The quantitative estimate of drug-likeness (QED) is 0.548. The number of imide groups is 1. The largest absolute Gasteiger partial charge is 0.296 e. The monoisotopic (exact) mass is 287 g/mol. The lowest BCUT2D eigenvalue weighted by Crippen LogP contribution is -2.38. The van der Waals surface area contributed by atoms with Crippen molar-refractivity contribution in [3.8, 4) is 0 Å². The van der Waals surface area contributed by atoms with Crippen LogP contribution in [-0.2, 0) is 9.59 Å². The van der Waals surface area contributed by atoms with Crippen LogP contribution in [0.4, 0.5) is 0 Å². The summed E-state index contributed by atoms with van der Waals surface area (Å²) in [6, 6.07) is 0. The molecule has 0 bridgehead atoms. The third-order valence-corrected chi connectivity index (χ3v) is 6.34. The Balaban J connectivity index is 1.83. The first kappa shape index (κ1) is 13.5. The highest BCUT2D eigenvalue weighted by atomic mass is 16.2. The van der Waals surface area contributed by atoms with Gasteiger partial charge in [-0.15, -0.1) is 0 Å². The van der Waals surface area contributed by atoms with E-state index in [1.165, 1.54) is 51.4 Å². The highest BCUT2D eigenvalue weighted by molar-refractivity contribution is 6.06. The molecule has 114 valence electrons. The van der Waals surface area contributed by atoms with Gasteiger partial charge in [-0.3, -0.25) is 14.9 Å².